The lowest BCUT2D eigenvalue weighted by atomic mass is 9.93. The molecule has 0 heterocycles. The molecule has 3 heteroatoms. The van der Waals surface area contributed by atoms with Gasteiger partial charge in [-0.15, -0.1) is 0 Å². The van der Waals surface area contributed by atoms with Crippen LogP contribution in [0.4, 0.5) is 0 Å². The Labute approximate surface area is 110 Å². The van der Waals surface area contributed by atoms with Crippen molar-refractivity contribution in [2.75, 3.05) is 20.8 Å². The van der Waals surface area contributed by atoms with Gasteiger partial charge in [0.1, 0.15) is 11.5 Å². The average Bonchev–Trinajstić information content (AvgIpc) is 2.43. The molecule has 2 atom stereocenters. The average molecular weight is 251 g/mol. The third-order valence-electron chi connectivity index (χ3n) is 3.40. The second kappa shape index (κ2) is 7.27. The van der Waals surface area contributed by atoms with Gasteiger partial charge in [-0.3, -0.25) is 0 Å². The van der Waals surface area contributed by atoms with Gasteiger partial charge in [0.05, 0.1) is 14.2 Å². The molecule has 0 radical (unpaired) electrons. The lowest BCUT2D eigenvalue weighted by Crippen LogP contribution is -2.31. The first-order valence-corrected chi connectivity index (χ1v) is 6.59. The van der Waals surface area contributed by atoms with Crippen LogP contribution in [0.1, 0.15) is 38.7 Å². The molecule has 1 aromatic rings. The Kier molecular flexibility index (Phi) is 5.99. The fourth-order valence-electron chi connectivity index (χ4n) is 2.01. The van der Waals surface area contributed by atoms with Gasteiger partial charge in [0.25, 0.3) is 0 Å². The van der Waals surface area contributed by atoms with Crippen LogP contribution < -0.4 is 14.8 Å². The quantitative estimate of drug-likeness (QED) is 0.807. The zero-order valence-corrected chi connectivity index (χ0v) is 12.1. The standard InChI is InChI=1S/C15H25NO2/c1-6-9-16-12(3)11(2)14-8-7-13(17-4)10-15(14)18-5/h7-8,10-12,16H,6,9H2,1-5H3. The van der Waals surface area contributed by atoms with Crippen molar-refractivity contribution in [1.82, 2.24) is 5.32 Å². The lowest BCUT2D eigenvalue weighted by Gasteiger charge is -2.23. The maximum Gasteiger partial charge on any atom is 0.126 e. The third-order valence-corrected chi connectivity index (χ3v) is 3.40. The van der Waals surface area contributed by atoms with Crippen LogP contribution in [0.2, 0.25) is 0 Å². The largest absolute Gasteiger partial charge is 0.497 e. The minimum atomic E-state index is 0.400. The van der Waals surface area contributed by atoms with E-state index in [1.807, 2.05) is 12.1 Å². The van der Waals surface area contributed by atoms with E-state index >= 15 is 0 Å². The maximum atomic E-state index is 5.46. The van der Waals surface area contributed by atoms with Crippen molar-refractivity contribution in [3.63, 3.8) is 0 Å². The summed E-state index contributed by atoms with van der Waals surface area (Å²) in [6.07, 6.45) is 1.15. The van der Waals surface area contributed by atoms with E-state index in [2.05, 4.69) is 32.2 Å². The predicted molar refractivity (Wildman–Crippen MR) is 75.7 cm³/mol. The van der Waals surface area contributed by atoms with E-state index in [9.17, 15) is 0 Å². The van der Waals surface area contributed by atoms with Gasteiger partial charge in [0, 0.05) is 12.1 Å². The van der Waals surface area contributed by atoms with E-state index in [0.29, 0.717) is 12.0 Å². The fraction of sp³-hybridized carbons (Fsp3) is 0.600. The molecule has 3 nitrogen and oxygen atoms in total. The van der Waals surface area contributed by atoms with E-state index in [-0.39, 0.29) is 0 Å². The first-order chi connectivity index (χ1) is 8.63. The van der Waals surface area contributed by atoms with Crippen LogP contribution in [0.5, 0.6) is 11.5 Å². The molecule has 1 N–H and O–H groups in total. The number of benzene rings is 1. The minimum Gasteiger partial charge on any atom is -0.497 e. The van der Waals surface area contributed by atoms with Gasteiger partial charge in [0.2, 0.25) is 0 Å². The summed E-state index contributed by atoms with van der Waals surface area (Å²) in [6, 6.07) is 6.44. The second-order valence-corrected chi connectivity index (χ2v) is 4.64. The Morgan fingerprint density at radius 3 is 2.44 bits per heavy atom. The SMILES string of the molecule is CCCNC(C)C(C)c1ccc(OC)cc1OC. The summed E-state index contributed by atoms with van der Waals surface area (Å²) < 4.78 is 10.7. The highest BCUT2D eigenvalue weighted by atomic mass is 16.5. The van der Waals surface area contributed by atoms with E-state index in [4.69, 9.17) is 9.47 Å². The molecule has 0 saturated carbocycles. The van der Waals surface area contributed by atoms with Crippen molar-refractivity contribution in [2.24, 2.45) is 0 Å². The van der Waals surface area contributed by atoms with Crippen molar-refractivity contribution >= 4 is 0 Å². The van der Waals surface area contributed by atoms with Gasteiger partial charge >= 0.3 is 0 Å². The smallest absolute Gasteiger partial charge is 0.126 e. The third kappa shape index (κ3) is 3.64. The summed E-state index contributed by atoms with van der Waals surface area (Å²) in [4.78, 5) is 0. The van der Waals surface area contributed by atoms with E-state index in [1.54, 1.807) is 14.2 Å². The number of methoxy groups -OCH3 is 2. The summed E-state index contributed by atoms with van der Waals surface area (Å²) in [7, 11) is 3.37. The monoisotopic (exact) mass is 251 g/mol. The summed E-state index contributed by atoms with van der Waals surface area (Å²) >= 11 is 0. The molecule has 1 aromatic carbocycles. The molecule has 102 valence electrons. The van der Waals surface area contributed by atoms with Crippen LogP contribution in [0.15, 0.2) is 18.2 Å². The van der Waals surface area contributed by atoms with Gasteiger partial charge < -0.3 is 14.8 Å². The fourth-order valence-corrected chi connectivity index (χ4v) is 2.01. The minimum absolute atomic E-state index is 0.400. The Morgan fingerprint density at radius 1 is 1.17 bits per heavy atom. The van der Waals surface area contributed by atoms with Gasteiger partial charge in [-0.05, 0) is 37.4 Å². The first-order valence-electron chi connectivity index (χ1n) is 6.59. The molecule has 0 aliphatic heterocycles. The number of hydrogen-bond donors (Lipinski definition) is 1. The van der Waals surface area contributed by atoms with Crippen LogP contribution in [0.25, 0.3) is 0 Å². The first kappa shape index (κ1) is 14.8. The van der Waals surface area contributed by atoms with Crippen molar-refractivity contribution in [3.8, 4) is 11.5 Å². The molecule has 0 amide bonds. The normalized spacial score (nSPS) is 14.1. The van der Waals surface area contributed by atoms with E-state index in [1.165, 1.54) is 5.56 Å². The summed E-state index contributed by atoms with van der Waals surface area (Å²) in [5, 5.41) is 3.52. The Morgan fingerprint density at radius 2 is 1.89 bits per heavy atom. The molecule has 2 unspecified atom stereocenters. The summed E-state index contributed by atoms with van der Waals surface area (Å²) in [6.45, 7) is 7.66. The van der Waals surface area contributed by atoms with E-state index in [0.717, 1.165) is 24.5 Å². The number of hydrogen-bond acceptors (Lipinski definition) is 3. The predicted octanol–water partition coefficient (Wildman–Crippen LogP) is 3.20. The molecular formula is C15H25NO2. The number of nitrogens with one attached hydrogen (secondary N) is 1. The number of ether oxygens (including phenoxy) is 2. The van der Waals surface area contributed by atoms with Crippen molar-refractivity contribution in [1.29, 1.82) is 0 Å². The van der Waals surface area contributed by atoms with Crippen LogP contribution in [0.3, 0.4) is 0 Å². The van der Waals surface area contributed by atoms with Crippen molar-refractivity contribution in [2.45, 2.75) is 39.2 Å². The highest BCUT2D eigenvalue weighted by molar-refractivity contribution is 5.43. The summed E-state index contributed by atoms with van der Waals surface area (Å²) in [5.41, 5.74) is 1.22. The Bertz CT molecular complexity index is 366. The molecule has 18 heavy (non-hydrogen) atoms. The molecule has 0 bridgehead atoms. The highest BCUT2D eigenvalue weighted by Gasteiger charge is 2.18. The van der Waals surface area contributed by atoms with Gasteiger partial charge in [0.15, 0.2) is 0 Å². The van der Waals surface area contributed by atoms with Crippen LogP contribution in [0, 0.1) is 0 Å². The van der Waals surface area contributed by atoms with Crippen LogP contribution in [-0.4, -0.2) is 26.8 Å². The van der Waals surface area contributed by atoms with Gasteiger partial charge in [-0.25, -0.2) is 0 Å². The van der Waals surface area contributed by atoms with Gasteiger partial charge in [-0.2, -0.15) is 0 Å². The molecule has 1 rings (SSSR count). The molecule has 0 fully saturated rings. The van der Waals surface area contributed by atoms with Crippen molar-refractivity contribution < 1.29 is 9.47 Å². The highest BCUT2D eigenvalue weighted by Crippen LogP contribution is 2.32. The molecule has 0 spiro atoms. The Hall–Kier alpha value is -1.22. The molecule has 0 aliphatic carbocycles. The zero-order chi connectivity index (χ0) is 13.5. The number of rotatable bonds is 7. The molecular weight excluding hydrogens is 226 g/mol. The van der Waals surface area contributed by atoms with Crippen molar-refractivity contribution in [3.05, 3.63) is 23.8 Å². The van der Waals surface area contributed by atoms with Crippen LogP contribution in [-0.2, 0) is 0 Å². The van der Waals surface area contributed by atoms with E-state index < -0.39 is 0 Å². The molecule has 0 aliphatic rings. The zero-order valence-electron chi connectivity index (χ0n) is 12.1. The topological polar surface area (TPSA) is 30.5 Å². The molecule has 0 saturated heterocycles. The van der Waals surface area contributed by atoms with Gasteiger partial charge in [-0.1, -0.05) is 19.9 Å². The van der Waals surface area contributed by atoms with Crippen LogP contribution >= 0.6 is 0 Å². The Balaban J connectivity index is 2.86. The summed E-state index contributed by atoms with van der Waals surface area (Å²) in [5.74, 6) is 2.13. The molecule has 0 aromatic heterocycles. The second-order valence-electron chi connectivity index (χ2n) is 4.64. The maximum absolute atomic E-state index is 5.46. The lowest BCUT2D eigenvalue weighted by molar-refractivity contribution is 0.383.